The van der Waals surface area contributed by atoms with E-state index in [4.69, 9.17) is 11.6 Å². The fourth-order valence-electron chi connectivity index (χ4n) is 2.51. The monoisotopic (exact) mass is 292 g/mol. The number of nitrogens with one attached hydrogen (secondary N) is 2. The van der Waals surface area contributed by atoms with Crippen molar-refractivity contribution in [2.45, 2.75) is 39.0 Å². The number of carbonyl (C=O) groups is 1. The second-order valence-electron chi connectivity index (χ2n) is 5.31. The lowest BCUT2D eigenvalue weighted by atomic mass is 9.89. The Labute approximate surface area is 125 Å². The van der Waals surface area contributed by atoms with E-state index in [-0.39, 0.29) is 6.03 Å². The number of allylic oxidation sites excluding steroid dienone is 1. The maximum atomic E-state index is 11.8. The fourth-order valence-corrected chi connectivity index (χ4v) is 2.74. The average Bonchev–Trinajstić information content (AvgIpc) is 2.43. The highest BCUT2D eigenvalue weighted by molar-refractivity contribution is 6.30. The van der Waals surface area contributed by atoms with Gasteiger partial charge in [0.1, 0.15) is 0 Å². The van der Waals surface area contributed by atoms with Crippen LogP contribution in [0.25, 0.3) is 0 Å². The van der Waals surface area contributed by atoms with Crippen LogP contribution >= 0.6 is 11.6 Å². The molecule has 108 valence electrons. The minimum atomic E-state index is -0.220. The molecule has 1 fully saturated rings. The van der Waals surface area contributed by atoms with Crippen molar-refractivity contribution >= 4 is 23.3 Å². The summed E-state index contributed by atoms with van der Waals surface area (Å²) < 4.78 is 0. The van der Waals surface area contributed by atoms with Crippen LogP contribution in [0.2, 0.25) is 5.02 Å². The van der Waals surface area contributed by atoms with Crippen molar-refractivity contribution in [2.75, 3.05) is 5.32 Å². The molecule has 4 heteroatoms. The number of urea groups is 1. The Kier molecular flexibility index (Phi) is 5.48. The van der Waals surface area contributed by atoms with Crippen molar-refractivity contribution < 1.29 is 4.79 Å². The van der Waals surface area contributed by atoms with Crippen LogP contribution in [0.4, 0.5) is 10.5 Å². The zero-order chi connectivity index (χ0) is 14.4. The molecule has 1 aliphatic carbocycles. The summed E-state index contributed by atoms with van der Waals surface area (Å²) in [5.74, 6) is 0.612. The van der Waals surface area contributed by atoms with Crippen LogP contribution in [0, 0.1) is 12.8 Å². The third-order valence-corrected chi connectivity index (χ3v) is 3.90. The van der Waals surface area contributed by atoms with Crippen molar-refractivity contribution in [3.8, 4) is 0 Å². The Bertz CT molecular complexity index is 493. The first-order valence-corrected chi connectivity index (χ1v) is 7.53. The predicted octanol–water partition coefficient (Wildman–Crippen LogP) is 4.86. The minimum Gasteiger partial charge on any atom is -0.315 e. The largest absolute Gasteiger partial charge is 0.323 e. The van der Waals surface area contributed by atoms with Gasteiger partial charge in [0.2, 0.25) is 0 Å². The highest BCUT2D eigenvalue weighted by Gasteiger charge is 2.10. The van der Waals surface area contributed by atoms with Crippen LogP contribution in [0.3, 0.4) is 0 Å². The lowest BCUT2D eigenvalue weighted by molar-refractivity contribution is 0.255. The van der Waals surface area contributed by atoms with Gasteiger partial charge in [-0.3, -0.25) is 0 Å². The van der Waals surface area contributed by atoms with E-state index < -0.39 is 0 Å². The molecule has 1 saturated carbocycles. The van der Waals surface area contributed by atoms with E-state index >= 15 is 0 Å². The van der Waals surface area contributed by atoms with Crippen LogP contribution in [0.5, 0.6) is 0 Å². The molecular formula is C16H21ClN2O. The molecule has 0 heterocycles. The van der Waals surface area contributed by atoms with Gasteiger partial charge in [-0.1, -0.05) is 36.9 Å². The van der Waals surface area contributed by atoms with Gasteiger partial charge in [0.05, 0.1) is 0 Å². The highest BCUT2D eigenvalue weighted by atomic mass is 35.5. The second-order valence-corrected chi connectivity index (χ2v) is 5.75. The minimum absolute atomic E-state index is 0.220. The Morgan fingerprint density at radius 3 is 2.75 bits per heavy atom. The average molecular weight is 293 g/mol. The Balaban J connectivity index is 1.81. The van der Waals surface area contributed by atoms with E-state index in [0.717, 1.165) is 11.3 Å². The number of benzene rings is 1. The Morgan fingerprint density at radius 2 is 2.05 bits per heavy atom. The molecule has 2 N–H and O–H groups in total. The van der Waals surface area contributed by atoms with Crippen molar-refractivity contribution in [1.82, 2.24) is 5.32 Å². The molecule has 3 nitrogen and oxygen atoms in total. The van der Waals surface area contributed by atoms with Crippen LogP contribution in [-0.4, -0.2) is 6.03 Å². The number of rotatable bonds is 3. The number of hydrogen-bond acceptors (Lipinski definition) is 1. The highest BCUT2D eigenvalue weighted by Crippen LogP contribution is 2.24. The van der Waals surface area contributed by atoms with Gasteiger partial charge >= 0.3 is 6.03 Å². The van der Waals surface area contributed by atoms with Crippen molar-refractivity contribution in [3.05, 3.63) is 41.1 Å². The van der Waals surface area contributed by atoms with Gasteiger partial charge in [0.15, 0.2) is 0 Å². The van der Waals surface area contributed by atoms with E-state index in [1.165, 1.54) is 32.1 Å². The molecule has 0 spiro atoms. The van der Waals surface area contributed by atoms with E-state index in [2.05, 4.69) is 16.7 Å². The first kappa shape index (κ1) is 14.9. The van der Waals surface area contributed by atoms with E-state index in [1.807, 2.05) is 19.1 Å². The summed E-state index contributed by atoms with van der Waals surface area (Å²) in [6.45, 7) is 1.92. The summed E-state index contributed by atoms with van der Waals surface area (Å²) in [4.78, 5) is 11.8. The van der Waals surface area contributed by atoms with Crippen LogP contribution < -0.4 is 10.6 Å². The standard InChI is InChI=1S/C16H21ClN2O/c1-12-11-14(17)7-8-15(12)19-16(20)18-10-9-13-5-3-2-4-6-13/h7-11,13H,2-6H2,1H3,(H2,18,19,20)/b10-9+. The predicted molar refractivity (Wildman–Crippen MR) is 84.1 cm³/mol. The molecule has 0 unspecified atom stereocenters. The smallest absolute Gasteiger partial charge is 0.315 e. The first-order valence-electron chi connectivity index (χ1n) is 7.15. The number of amides is 2. The van der Waals surface area contributed by atoms with Gasteiger partial charge in [-0.05, 0) is 49.4 Å². The summed E-state index contributed by atoms with van der Waals surface area (Å²) in [6.07, 6.45) is 10.3. The van der Waals surface area contributed by atoms with Crippen LogP contribution in [0.15, 0.2) is 30.5 Å². The first-order chi connectivity index (χ1) is 9.65. The van der Waals surface area contributed by atoms with Gasteiger partial charge in [-0.15, -0.1) is 0 Å². The number of carbonyl (C=O) groups excluding carboxylic acids is 1. The van der Waals surface area contributed by atoms with Crippen molar-refractivity contribution in [2.24, 2.45) is 5.92 Å². The number of aryl methyl sites for hydroxylation is 1. The van der Waals surface area contributed by atoms with Gasteiger partial charge < -0.3 is 10.6 Å². The summed E-state index contributed by atoms with van der Waals surface area (Å²) in [6, 6.07) is 5.18. The number of halogens is 1. The fraction of sp³-hybridized carbons (Fsp3) is 0.438. The summed E-state index contributed by atoms with van der Waals surface area (Å²) in [7, 11) is 0. The zero-order valence-corrected chi connectivity index (χ0v) is 12.5. The van der Waals surface area contributed by atoms with Crippen LogP contribution in [0.1, 0.15) is 37.7 Å². The van der Waals surface area contributed by atoms with E-state index in [9.17, 15) is 4.79 Å². The van der Waals surface area contributed by atoms with Gasteiger partial charge in [0.25, 0.3) is 0 Å². The Hall–Kier alpha value is -1.48. The summed E-state index contributed by atoms with van der Waals surface area (Å²) >= 11 is 5.88. The van der Waals surface area contributed by atoms with Crippen molar-refractivity contribution in [1.29, 1.82) is 0 Å². The normalized spacial score (nSPS) is 16.3. The third-order valence-electron chi connectivity index (χ3n) is 3.67. The topological polar surface area (TPSA) is 41.1 Å². The molecule has 0 bridgehead atoms. The van der Waals surface area contributed by atoms with Crippen molar-refractivity contribution in [3.63, 3.8) is 0 Å². The SMILES string of the molecule is Cc1cc(Cl)ccc1NC(=O)N/C=C/C1CCCCC1. The van der Waals surface area contributed by atoms with Crippen LogP contribution in [-0.2, 0) is 0 Å². The summed E-state index contributed by atoms with van der Waals surface area (Å²) in [5.41, 5.74) is 1.72. The molecule has 0 aromatic heterocycles. The molecular weight excluding hydrogens is 272 g/mol. The third kappa shape index (κ3) is 4.57. The van der Waals surface area contributed by atoms with E-state index in [1.54, 1.807) is 12.3 Å². The molecule has 2 rings (SSSR count). The molecule has 2 amide bonds. The molecule has 0 atom stereocenters. The molecule has 0 saturated heterocycles. The molecule has 20 heavy (non-hydrogen) atoms. The molecule has 0 radical (unpaired) electrons. The summed E-state index contributed by atoms with van der Waals surface area (Å²) in [5, 5.41) is 6.24. The molecule has 0 aliphatic heterocycles. The zero-order valence-electron chi connectivity index (χ0n) is 11.8. The number of anilines is 1. The maximum Gasteiger partial charge on any atom is 0.323 e. The van der Waals surface area contributed by atoms with Gasteiger partial charge in [0, 0.05) is 16.9 Å². The Morgan fingerprint density at radius 1 is 1.30 bits per heavy atom. The maximum absolute atomic E-state index is 11.8. The molecule has 1 aromatic carbocycles. The van der Waals surface area contributed by atoms with Gasteiger partial charge in [-0.2, -0.15) is 0 Å². The van der Waals surface area contributed by atoms with E-state index in [0.29, 0.717) is 10.9 Å². The van der Waals surface area contributed by atoms with Gasteiger partial charge in [-0.25, -0.2) is 4.79 Å². The number of hydrogen-bond donors (Lipinski definition) is 2. The lowest BCUT2D eigenvalue weighted by Gasteiger charge is -2.17. The second kappa shape index (κ2) is 7.34. The molecule has 1 aliphatic rings. The molecule has 1 aromatic rings. The lowest BCUT2D eigenvalue weighted by Crippen LogP contribution is -2.24. The quantitative estimate of drug-likeness (QED) is 0.820.